The van der Waals surface area contributed by atoms with Gasteiger partial charge in [0, 0.05) is 31.2 Å². The van der Waals surface area contributed by atoms with Crippen molar-refractivity contribution >= 4 is 17.7 Å². The molecule has 2 aliphatic rings. The van der Waals surface area contributed by atoms with Crippen molar-refractivity contribution in [2.24, 2.45) is 11.3 Å². The summed E-state index contributed by atoms with van der Waals surface area (Å²) in [5, 5.41) is 12.4. The lowest BCUT2D eigenvalue weighted by atomic mass is 9.90. The molecule has 1 aromatic carbocycles. The molecule has 0 unspecified atom stereocenters. The lowest BCUT2D eigenvalue weighted by molar-refractivity contribution is -0.119. The maximum atomic E-state index is 13.7. The normalized spacial score (nSPS) is 20.1. The maximum Gasteiger partial charge on any atom is 0.410 e. The first-order chi connectivity index (χ1) is 17.7. The van der Waals surface area contributed by atoms with Gasteiger partial charge in [0.1, 0.15) is 17.2 Å². The van der Waals surface area contributed by atoms with Crippen LogP contribution in [0.5, 0.6) is 0 Å². The number of rotatable bonds is 7. The number of benzene rings is 1. The highest BCUT2D eigenvalue weighted by Crippen LogP contribution is 2.42. The van der Waals surface area contributed by atoms with Crippen LogP contribution in [0, 0.1) is 25.2 Å². The summed E-state index contributed by atoms with van der Waals surface area (Å²) in [7, 11) is 0. The second kappa shape index (κ2) is 10.7. The molecule has 1 saturated carbocycles. The summed E-state index contributed by atoms with van der Waals surface area (Å²) < 4.78 is 7.96. The van der Waals surface area contributed by atoms with Crippen LogP contribution in [-0.2, 0) is 16.0 Å². The molecule has 8 heteroatoms. The van der Waals surface area contributed by atoms with Crippen molar-refractivity contribution < 1.29 is 14.3 Å². The number of carbonyl (C=O) groups is 2. The van der Waals surface area contributed by atoms with E-state index in [0.717, 1.165) is 60.6 Å². The minimum atomic E-state index is -0.611. The van der Waals surface area contributed by atoms with Crippen LogP contribution in [0.25, 0.3) is 0 Å². The highest BCUT2D eigenvalue weighted by molar-refractivity contribution is 5.94. The van der Waals surface area contributed by atoms with Crippen LogP contribution in [0.15, 0.2) is 18.2 Å². The lowest BCUT2D eigenvalue weighted by Crippen LogP contribution is -2.36. The van der Waals surface area contributed by atoms with Crippen molar-refractivity contribution in [1.29, 1.82) is 0 Å². The molecule has 2 atom stereocenters. The Morgan fingerprint density at radius 2 is 1.76 bits per heavy atom. The van der Waals surface area contributed by atoms with Crippen molar-refractivity contribution in [3.63, 3.8) is 0 Å². The van der Waals surface area contributed by atoms with Crippen molar-refractivity contribution in [2.75, 3.05) is 18.4 Å². The molecule has 0 spiro atoms. The van der Waals surface area contributed by atoms with Gasteiger partial charge in [0.25, 0.3) is 0 Å². The zero-order valence-corrected chi connectivity index (χ0v) is 24.4. The number of ether oxygens (including phenoxy) is 1. The molecule has 0 radical (unpaired) electrons. The number of nitrogens with zero attached hydrogens (tertiary/aromatic N) is 4. The Balaban J connectivity index is 1.62. The number of aromatic nitrogens is 3. The van der Waals surface area contributed by atoms with Gasteiger partial charge in [-0.15, -0.1) is 10.2 Å². The number of carbonyl (C=O) groups excluding carboxylic acids is 2. The zero-order valence-electron chi connectivity index (χ0n) is 24.4. The largest absolute Gasteiger partial charge is 0.444 e. The SMILES string of the molecule is Cc1ccc(NC(=O)[C@H]2CN(C(=O)OC(C)(C)C)C[C@@H]2c2nnc(CCCC(C)(C)C)n2C2CC2)c(C)c1. The maximum absolute atomic E-state index is 13.7. The average molecular weight is 524 g/mol. The molecule has 208 valence electrons. The summed E-state index contributed by atoms with van der Waals surface area (Å²) >= 11 is 0. The van der Waals surface area contributed by atoms with Gasteiger partial charge in [-0.3, -0.25) is 4.79 Å². The second-order valence-corrected chi connectivity index (χ2v) is 13.4. The third-order valence-electron chi connectivity index (χ3n) is 7.31. The van der Waals surface area contributed by atoms with E-state index in [1.165, 1.54) is 0 Å². The molecular weight excluding hydrogens is 478 g/mol. The summed E-state index contributed by atoms with van der Waals surface area (Å²) in [5.41, 5.74) is 2.61. The fourth-order valence-electron chi connectivity index (χ4n) is 5.25. The van der Waals surface area contributed by atoms with E-state index in [1.807, 2.05) is 46.8 Å². The molecular formula is C30H45N5O3. The number of hydrogen-bond acceptors (Lipinski definition) is 5. The molecule has 38 heavy (non-hydrogen) atoms. The molecule has 4 rings (SSSR count). The fraction of sp³-hybridized carbons (Fsp3) is 0.667. The molecule has 1 aliphatic carbocycles. The van der Waals surface area contributed by atoms with Crippen LogP contribution in [0.4, 0.5) is 10.5 Å². The first-order valence-corrected chi connectivity index (χ1v) is 14.0. The summed E-state index contributed by atoms with van der Waals surface area (Å²) in [5.74, 6) is 1.01. The van der Waals surface area contributed by atoms with Gasteiger partial charge in [-0.2, -0.15) is 0 Å². The van der Waals surface area contributed by atoms with Crippen molar-refractivity contribution in [1.82, 2.24) is 19.7 Å². The van der Waals surface area contributed by atoms with Gasteiger partial charge in [0.15, 0.2) is 0 Å². The zero-order chi connectivity index (χ0) is 27.8. The Kier molecular flexibility index (Phi) is 7.91. The monoisotopic (exact) mass is 523 g/mol. The summed E-state index contributed by atoms with van der Waals surface area (Å²) in [4.78, 5) is 28.4. The number of hydrogen-bond donors (Lipinski definition) is 1. The van der Waals surface area contributed by atoms with Crippen molar-refractivity contribution in [3.8, 4) is 0 Å². The van der Waals surface area contributed by atoms with E-state index in [2.05, 4.69) is 46.9 Å². The van der Waals surface area contributed by atoms with Gasteiger partial charge in [0.05, 0.1) is 11.8 Å². The number of nitrogens with one attached hydrogen (secondary N) is 1. The van der Waals surface area contributed by atoms with Crippen molar-refractivity contribution in [3.05, 3.63) is 41.0 Å². The smallest absolute Gasteiger partial charge is 0.410 e. The fourth-order valence-corrected chi connectivity index (χ4v) is 5.25. The molecule has 2 amide bonds. The Labute approximate surface area is 227 Å². The molecule has 1 N–H and O–H groups in total. The van der Waals surface area contributed by atoms with Crippen LogP contribution < -0.4 is 5.32 Å². The van der Waals surface area contributed by atoms with E-state index in [-0.39, 0.29) is 23.8 Å². The Bertz CT molecular complexity index is 1170. The predicted molar refractivity (Wildman–Crippen MR) is 149 cm³/mol. The predicted octanol–water partition coefficient (Wildman–Crippen LogP) is 6.19. The average Bonchev–Trinajstić information content (AvgIpc) is 3.37. The van der Waals surface area contributed by atoms with Gasteiger partial charge in [-0.05, 0) is 77.3 Å². The number of amides is 2. The van der Waals surface area contributed by atoms with E-state index >= 15 is 0 Å². The molecule has 1 aliphatic heterocycles. The van der Waals surface area contributed by atoms with E-state index in [4.69, 9.17) is 4.74 Å². The summed E-state index contributed by atoms with van der Waals surface area (Å²) in [6.07, 6.45) is 4.81. The van der Waals surface area contributed by atoms with E-state index in [9.17, 15) is 9.59 Å². The van der Waals surface area contributed by atoms with Gasteiger partial charge in [-0.25, -0.2) is 4.79 Å². The highest BCUT2D eigenvalue weighted by Gasteiger charge is 2.45. The van der Waals surface area contributed by atoms with E-state index in [1.54, 1.807) is 4.90 Å². The highest BCUT2D eigenvalue weighted by atomic mass is 16.6. The molecule has 8 nitrogen and oxygen atoms in total. The second-order valence-electron chi connectivity index (χ2n) is 13.4. The topological polar surface area (TPSA) is 89.3 Å². The van der Waals surface area contributed by atoms with Gasteiger partial charge in [-0.1, -0.05) is 38.5 Å². The Morgan fingerprint density at radius 1 is 1.05 bits per heavy atom. The minimum absolute atomic E-state index is 0.104. The lowest BCUT2D eigenvalue weighted by Gasteiger charge is -2.24. The van der Waals surface area contributed by atoms with Crippen LogP contribution in [0.1, 0.15) is 102 Å². The van der Waals surface area contributed by atoms with Gasteiger partial charge < -0.3 is 19.5 Å². The Hall–Kier alpha value is -2.90. The third kappa shape index (κ3) is 6.94. The van der Waals surface area contributed by atoms with Crippen LogP contribution >= 0.6 is 0 Å². The standard InChI is InChI=1S/C30H45N5O3/c1-19-11-14-24(20(2)16-19)31-27(36)23-18-34(28(37)38-30(6,7)8)17-22(23)26-33-32-25(35(26)21-12-13-21)10-9-15-29(3,4)5/h11,14,16,21-23H,9-10,12-13,15,17-18H2,1-8H3,(H,31,36)/t22-,23-/m0/s1. The van der Waals surface area contributed by atoms with Crippen LogP contribution in [0.2, 0.25) is 0 Å². The van der Waals surface area contributed by atoms with Gasteiger partial charge in [0.2, 0.25) is 5.91 Å². The minimum Gasteiger partial charge on any atom is -0.444 e. The van der Waals surface area contributed by atoms with E-state index < -0.39 is 17.6 Å². The van der Waals surface area contributed by atoms with E-state index in [0.29, 0.717) is 12.6 Å². The molecule has 1 aromatic heterocycles. The molecule has 2 aromatic rings. The van der Waals surface area contributed by atoms with Crippen LogP contribution in [-0.4, -0.2) is 50.4 Å². The molecule has 1 saturated heterocycles. The number of anilines is 1. The van der Waals surface area contributed by atoms with Gasteiger partial charge >= 0.3 is 6.09 Å². The number of likely N-dealkylation sites (tertiary alicyclic amines) is 1. The van der Waals surface area contributed by atoms with Crippen LogP contribution in [0.3, 0.4) is 0 Å². The first kappa shape index (κ1) is 28.1. The summed E-state index contributed by atoms with van der Waals surface area (Å²) in [6, 6.07) is 6.37. The quantitative estimate of drug-likeness (QED) is 0.468. The molecule has 2 heterocycles. The Morgan fingerprint density at radius 3 is 2.37 bits per heavy atom. The first-order valence-electron chi connectivity index (χ1n) is 14.0. The van der Waals surface area contributed by atoms with Crippen molar-refractivity contribution in [2.45, 2.75) is 105 Å². The number of aryl methyl sites for hydroxylation is 3. The summed E-state index contributed by atoms with van der Waals surface area (Å²) in [6.45, 7) is 17.0. The third-order valence-corrected chi connectivity index (χ3v) is 7.31. The molecule has 0 bridgehead atoms. The molecule has 2 fully saturated rings.